The normalized spacial score (nSPS) is 18.7. The summed E-state index contributed by atoms with van der Waals surface area (Å²) in [6.07, 6.45) is -0.309. The number of hydrogen-bond acceptors (Lipinski definition) is 5. The fourth-order valence-electron chi connectivity index (χ4n) is 2.99. The van der Waals surface area contributed by atoms with Crippen LogP contribution >= 0.6 is 0 Å². The molecule has 1 atom stereocenters. The number of piperazine rings is 1. The zero-order valence-electron chi connectivity index (χ0n) is 15.1. The molecular formula is C18H32N4O. The number of nitrogens with zero attached hydrogens (tertiary/aromatic N) is 4. The molecule has 0 amide bonds. The third kappa shape index (κ3) is 6.18. The van der Waals surface area contributed by atoms with Crippen molar-refractivity contribution in [2.75, 3.05) is 53.4 Å². The van der Waals surface area contributed by atoms with Crippen molar-refractivity contribution in [3.8, 4) is 0 Å². The third-order valence-electron chi connectivity index (χ3n) is 4.44. The van der Waals surface area contributed by atoms with Gasteiger partial charge in [-0.2, -0.15) is 0 Å². The van der Waals surface area contributed by atoms with Gasteiger partial charge in [0.2, 0.25) is 0 Å². The van der Waals surface area contributed by atoms with Gasteiger partial charge in [0.15, 0.2) is 0 Å². The minimum atomic E-state index is -0.309. The van der Waals surface area contributed by atoms with Crippen molar-refractivity contribution in [1.29, 1.82) is 0 Å². The molecule has 1 saturated heterocycles. The van der Waals surface area contributed by atoms with E-state index in [1.54, 1.807) is 0 Å². The number of aromatic nitrogens is 1. The number of likely N-dealkylation sites (N-methyl/N-ethyl adjacent to an activating group) is 2. The van der Waals surface area contributed by atoms with Gasteiger partial charge in [-0.3, -0.25) is 14.8 Å². The van der Waals surface area contributed by atoms with E-state index in [-0.39, 0.29) is 6.10 Å². The number of rotatable bonds is 7. The van der Waals surface area contributed by atoms with Crippen LogP contribution in [0.3, 0.4) is 0 Å². The van der Waals surface area contributed by atoms with Crippen LogP contribution in [0.2, 0.25) is 0 Å². The van der Waals surface area contributed by atoms with Crippen LogP contribution in [0, 0.1) is 0 Å². The smallest absolute Gasteiger partial charge is 0.0793 e. The van der Waals surface area contributed by atoms with E-state index in [1.165, 1.54) is 0 Å². The summed E-state index contributed by atoms with van der Waals surface area (Å²) in [5, 5.41) is 10.3. The molecule has 1 unspecified atom stereocenters. The lowest BCUT2D eigenvalue weighted by atomic mass is 10.1. The number of β-amino-alcohol motifs (C(OH)–C–C–N with tert-alkyl or cyclic N) is 1. The molecular weight excluding hydrogens is 288 g/mol. The van der Waals surface area contributed by atoms with Gasteiger partial charge in [0.05, 0.1) is 11.8 Å². The second-order valence-electron chi connectivity index (χ2n) is 7.16. The Bertz CT molecular complexity index is 472. The Morgan fingerprint density at radius 1 is 1.22 bits per heavy atom. The van der Waals surface area contributed by atoms with Gasteiger partial charge in [-0.05, 0) is 32.1 Å². The highest BCUT2D eigenvalue weighted by atomic mass is 16.3. The van der Waals surface area contributed by atoms with E-state index in [9.17, 15) is 5.11 Å². The van der Waals surface area contributed by atoms with Crippen LogP contribution in [0.15, 0.2) is 18.2 Å². The molecule has 0 bridgehead atoms. The van der Waals surface area contributed by atoms with Crippen molar-refractivity contribution < 1.29 is 5.11 Å². The Hall–Kier alpha value is -1.01. The van der Waals surface area contributed by atoms with Gasteiger partial charge in [-0.1, -0.05) is 19.9 Å². The Balaban J connectivity index is 1.77. The first-order chi connectivity index (χ1) is 10.9. The lowest BCUT2D eigenvalue weighted by molar-refractivity contribution is 0.0591. The Morgan fingerprint density at radius 2 is 1.91 bits per heavy atom. The average molecular weight is 320 g/mol. The van der Waals surface area contributed by atoms with Gasteiger partial charge in [-0.25, -0.2) is 0 Å². The van der Waals surface area contributed by atoms with Crippen LogP contribution in [0.1, 0.15) is 31.2 Å². The monoisotopic (exact) mass is 320 g/mol. The maximum Gasteiger partial charge on any atom is 0.0793 e. The van der Waals surface area contributed by atoms with E-state index < -0.39 is 0 Å². The lowest BCUT2D eigenvalue weighted by Gasteiger charge is -2.34. The highest BCUT2D eigenvalue weighted by Gasteiger charge is 2.18. The molecule has 0 saturated carbocycles. The summed E-state index contributed by atoms with van der Waals surface area (Å²) in [5.41, 5.74) is 2.21. The Morgan fingerprint density at radius 3 is 2.57 bits per heavy atom. The van der Waals surface area contributed by atoms with Gasteiger partial charge in [-0.15, -0.1) is 0 Å². The third-order valence-corrected chi connectivity index (χ3v) is 4.44. The summed E-state index contributed by atoms with van der Waals surface area (Å²) < 4.78 is 0. The molecule has 5 nitrogen and oxygen atoms in total. The summed E-state index contributed by atoms with van der Waals surface area (Å²) in [4.78, 5) is 11.6. The molecule has 0 radical (unpaired) electrons. The van der Waals surface area contributed by atoms with Crippen molar-refractivity contribution in [2.24, 2.45) is 0 Å². The maximum absolute atomic E-state index is 10.3. The standard InChI is InChI=1S/C18H32N4O/c1-15(2)18-7-5-6-16(19-18)12-21(4)13-17(23)14-22-10-8-20(3)9-11-22/h5-7,15,17,23H,8-14H2,1-4H3. The van der Waals surface area contributed by atoms with E-state index in [2.05, 4.69) is 60.8 Å². The first-order valence-electron chi connectivity index (χ1n) is 8.67. The summed E-state index contributed by atoms with van der Waals surface area (Å²) in [7, 11) is 4.21. The fraction of sp³-hybridized carbons (Fsp3) is 0.722. The van der Waals surface area contributed by atoms with E-state index in [4.69, 9.17) is 4.98 Å². The zero-order chi connectivity index (χ0) is 16.8. The molecule has 0 spiro atoms. The van der Waals surface area contributed by atoms with Crippen LogP contribution in [0.4, 0.5) is 0 Å². The predicted octanol–water partition coefficient (Wildman–Crippen LogP) is 1.25. The molecule has 1 aliphatic heterocycles. The molecule has 0 aliphatic carbocycles. The summed E-state index contributed by atoms with van der Waals surface area (Å²) in [6, 6.07) is 6.22. The molecule has 1 aromatic heterocycles. The van der Waals surface area contributed by atoms with Crippen LogP contribution in [-0.4, -0.2) is 84.3 Å². The van der Waals surface area contributed by atoms with E-state index in [0.717, 1.165) is 50.7 Å². The first-order valence-corrected chi connectivity index (χ1v) is 8.67. The van der Waals surface area contributed by atoms with E-state index >= 15 is 0 Å². The minimum Gasteiger partial charge on any atom is -0.390 e. The second-order valence-corrected chi connectivity index (χ2v) is 7.16. The molecule has 1 aliphatic rings. The topological polar surface area (TPSA) is 42.8 Å². The minimum absolute atomic E-state index is 0.309. The van der Waals surface area contributed by atoms with Crippen LogP contribution in [0.5, 0.6) is 0 Å². The van der Waals surface area contributed by atoms with E-state index in [0.29, 0.717) is 12.5 Å². The second kappa shape index (κ2) is 8.73. The molecule has 2 rings (SSSR count). The fourth-order valence-corrected chi connectivity index (χ4v) is 2.99. The van der Waals surface area contributed by atoms with Crippen molar-refractivity contribution in [3.05, 3.63) is 29.6 Å². The number of aliphatic hydroxyl groups is 1. The van der Waals surface area contributed by atoms with Crippen LogP contribution in [0.25, 0.3) is 0 Å². The van der Waals surface area contributed by atoms with Gasteiger partial charge >= 0.3 is 0 Å². The van der Waals surface area contributed by atoms with Crippen LogP contribution < -0.4 is 0 Å². The van der Waals surface area contributed by atoms with Gasteiger partial charge in [0.25, 0.3) is 0 Å². The molecule has 5 heteroatoms. The Kier molecular flexibility index (Phi) is 6.96. The summed E-state index contributed by atoms with van der Waals surface area (Å²) in [5.74, 6) is 0.447. The maximum atomic E-state index is 10.3. The number of aliphatic hydroxyl groups excluding tert-OH is 1. The molecule has 1 aromatic rings. The number of pyridine rings is 1. The molecule has 2 heterocycles. The highest BCUT2D eigenvalue weighted by Crippen LogP contribution is 2.12. The average Bonchev–Trinajstić information content (AvgIpc) is 2.49. The van der Waals surface area contributed by atoms with Crippen molar-refractivity contribution >= 4 is 0 Å². The molecule has 0 aromatic carbocycles. The van der Waals surface area contributed by atoms with Crippen LogP contribution in [-0.2, 0) is 6.54 Å². The lowest BCUT2D eigenvalue weighted by Crippen LogP contribution is -2.48. The van der Waals surface area contributed by atoms with E-state index in [1.807, 2.05) is 0 Å². The SMILES string of the molecule is CC(C)c1cccc(CN(C)CC(O)CN2CCN(C)CC2)n1. The molecule has 1 N–H and O–H groups in total. The summed E-state index contributed by atoms with van der Waals surface area (Å²) in [6.45, 7) is 10.8. The highest BCUT2D eigenvalue weighted by molar-refractivity contribution is 5.13. The van der Waals surface area contributed by atoms with Gasteiger partial charge in [0, 0.05) is 51.5 Å². The zero-order valence-corrected chi connectivity index (χ0v) is 15.1. The molecule has 23 heavy (non-hydrogen) atoms. The Labute approximate surface area is 140 Å². The number of hydrogen-bond donors (Lipinski definition) is 1. The van der Waals surface area contributed by atoms with Gasteiger partial charge in [0.1, 0.15) is 0 Å². The largest absolute Gasteiger partial charge is 0.390 e. The quantitative estimate of drug-likeness (QED) is 0.819. The molecule has 130 valence electrons. The summed E-state index contributed by atoms with van der Waals surface area (Å²) >= 11 is 0. The van der Waals surface area contributed by atoms with Gasteiger partial charge < -0.3 is 10.0 Å². The van der Waals surface area contributed by atoms with Crippen molar-refractivity contribution in [3.63, 3.8) is 0 Å². The predicted molar refractivity (Wildman–Crippen MR) is 94.6 cm³/mol. The van der Waals surface area contributed by atoms with Crippen molar-refractivity contribution in [2.45, 2.75) is 32.4 Å². The first kappa shape index (κ1) is 18.3. The van der Waals surface area contributed by atoms with Crippen molar-refractivity contribution in [1.82, 2.24) is 19.7 Å². The molecule has 1 fully saturated rings.